The fraction of sp³-hybridized carbons (Fsp3) is 0.0588. The van der Waals surface area contributed by atoms with Crippen LogP contribution in [-0.4, -0.2) is 20.7 Å². The topological polar surface area (TPSA) is 57.8 Å². The maximum absolute atomic E-state index is 12.0. The number of amides is 1. The molecule has 1 heterocycles. The van der Waals surface area contributed by atoms with Gasteiger partial charge in [-0.25, -0.2) is 4.98 Å². The average molecular weight is 415 g/mol. The average Bonchev–Trinajstić information content (AvgIpc) is 3.10. The Hall–Kier alpha value is -1.72. The molecule has 2 N–H and O–H groups in total. The SMILES string of the molecule is O=C(Nc1cc(-c2ncc[nH]2)ccc1-c1c(Cl)cccc1Cl)C(Cl)Cl. The number of carbonyl (C=O) groups is 1. The Kier molecular flexibility index (Phi) is 5.54. The third kappa shape index (κ3) is 3.93. The molecule has 0 saturated carbocycles. The maximum Gasteiger partial charge on any atom is 0.257 e. The van der Waals surface area contributed by atoms with E-state index in [2.05, 4.69) is 15.3 Å². The first kappa shape index (κ1) is 18.1. The fourth-order valence-electron chi connectivity index (χ4n) is 2.38. The van der Waals surface area contributed by atoms with Crippen molar-refractivity contribution < 1.29 is 4.79 Å². The van der Waals surface area contributed by atoms with Gasteiger partial charge in [0.15, 0.2) is 4.84 Å². The number of anilines is 1. The predicted octanol–water partition coefficient (Wildman–Crippen LogP) is 5.79. The number of H-pyrrole nitrogens is 1. The molecule has 1 amide bonds. The smallest absolute Gasteiger partial charge is 0.257 e. The molecule has 0 saturated heterocycles. The van der Waals surface area contributed by atoms with E-state index in [1.807, 2.05) is 6.07 Å². The molecule has 0 radical (unpaired) electrons. The third-order valence-corrected chi connectivity index (χ3v) is 4.51. The Bertz CT molecular complexity index is 890. The molecular weight excluding hydrogens is 404 g/mol. The lowest BCUT2D eigenvalue weighted by molar-refractivity contribution is -0.114. The van der Waals surface area contributed by atoms with Gasteiger partial charge in [-0.3, -0.25) is 4.79 Å². The molecule has 0 aliphatic heterocycles. The maximum atomic E-state index is 12.0. The Morgan fingerprint density at radius 2 is 1.84 bits per heavy atom. The second-order valence-electron chi connectivity index (χ2n) is 5.08. The number of aromatic amines is 1. The number of rotatable bonds is 4. The molecule has 0 atom stereocenters. The molecule has 2 aromatic carbocycles. The highest BCUT2D eigenvalue weighted by Crippen LogP contribution is 2.40. The molecule has 25 heavy (non-hydrogen) atoms. The van der Waals surface area contributed by atoms with Crippen molar-refractivity contribution in [3.63, 3.8) is 0 Å². The van der Waals surface area contributed by atoms with Gasteiger partial charge in [0.2, 0.25) is 0 Å². The van der Waals surface area contributed by atoms with E-state index in [-0.39, 0.29) is 0 Å². The van der Waals surface area contributed by atoms with Gasteiger partial charge >= 0.3 is 0 Å². The van der Waals surface area contributed by atoms with E-state index in [1.165, 1.54) is 0 Å². The normalized spacial score (nSPS) is 10.9. The van der Waals surface area contributed by atoms with Crippen molar-refractivity contribution in [2.24, 2.45) is 0 Å². The van der Waals surface area contributed by atoms with Gasteiger partial charge in [0.1, 0.15) is 5.82 Å². The van der Waals surface area contributed by atoms with Gasteiger partial charge in [0.05, 0.1) is 0 Å². The summed E-state index contributed by atoms with van der Waals surface area (Å²) < 4.78 is 0. The van der Waals surface area contributed by atoms with Crippen molar-refractivity contribution in [2.75, 3.05) is 5.32 Å². The molecule has 0 unspecified atom stereocenters. The van der Waals surface area contributed by atoms with Crippen LogP contribution >= 0.6 is 46.4 Å². The van der Waals surface area contributed by atoms with Crippen molar-refractivity contribution in [1.29, 1.82) is 0 Å². The van der Waals surface area contributed by atoms with E-state index in [4.69, 9.17) is 46.4 Å². The molecule has 0 bridgehead atoms. The summed E-state index contributed by atoms with van der Waals surface area (Å²) in [6.45, 7) is 0. The van der Waals surface area contributed by atoms with E-state index in [0.29, 0.717) is 32.7 Å². The summed E-state index contributed by atoms with van der Waals surface area (Å²) in [6.07, 6.45) is 3.35. The van der Waals surface area contributed by atoms with Gasteiger partial charge in [-0.1, -0.05) is 64.6 Å². The van der Waals surface area contributed by atoms with Crippen LogP contribution in [0.4, 0.5) is 5.69 Å². The molecular formula is C17H11Cl4N3O. The number of nitrogens with zero attached hydrogens (tertiary/aromatic N) is 1. The minimum absolute atomic E-state index is 0.460. The van der Waals surface area contributed by atoms with Crippen LogP contribution in [0.5, 0.6) is 0 Å². The lowest BCUT2D eigenvalue weighted by Crippen LogP contribution is -2.19. The highest BCUT2D eigenvalue weighted by molar-refractivity contribution is 6.54. The second kappa shape index (κ2) is 7.67. The number of benzene rings is 2. The minimum Gasteiger partial charge on any atom is -0.345 e. The zero-order chi connectivity index (χ0) is 18.0. The zero-order valence-corrected chi connectivity index (χ0v) is 15.6. The number of nitrogens with one attached hydrogen (secondary N) is 2. The first-order valence-corrected chi connectivity index (χ1v) is 8.77. The number of hydrogen-bond donors (Lipinski definition) is 2. The summed E-state index contributed by atoms with van der Waals surface area (Å²) in [5.74, 6) is 0.102. The fourth-order valence-corrected chi connectivity index (χ4v) is 3.09. The van der Waals surface area contributed by atoms with Gasteiger partial charge in [0, 0.05) is 44.8 Å². The number of hydrogen-bond acceptors (Lipinski definition) is 2. The molecule has 0 aliphatic carbocycles. The number of alkyl halides is 2. The van der Waals surface area contributed by atoms with E-state index in [9.17, 15) is 4.79 Å². The van der Waals surface area contributed by atoms with Crippen LogP contribution in [0.2, 0.25) is 10.0 Å². The standard InChI is InChI=1S/C17H11Cl4N3O/c18-11-2-1-3-12(19)14(11)10-5-4-9(16-22-6-7-23-16)8-13(10)24-17(25)15(20)21/h1-8,15H,(H,22,23)(H,24,25). The first-order valence-electron chi connectivity index (χ1n) is 7.14. The van der Waals surface area contributed by atoms with Crippen molar-refractivity contribution in [3.8, 4) is 22.5 Å². The summed E-state index contributed by atoms with van der Waals surface area (Å²) in [4.78, 5) is 18.0. The summed E-state index contributed by atoms with van der Waals surface area (Å²) in [6, 6.07) is 10.6. The molecule has 0 fully saturated rings. The number of carbonyl (C=O) groups excluding carboxylic acids is 1. The predicted molar refractivity (Wildman–Crippen MR) is 104 cm³/mol. The molecule has 0 spiro atoms. The van der Waals surface area contributed by atoms with Crippen LogP contribution in [0.15, 0.2) is 48.8 Å². The van der Waals surface area contributed by atoms with Crippen LogP contribution in [0.1, 0.15) is 0 Å². The monoisotopic (exact) mass is 413 g/mol. The van der Waals surface area contributed by atoms with Crippen LogP contribution in [0.25, 0.3) is 22.5 Å². The second-order valence-corrected chi connectivity index (χ2v) is 7.00. The van der Waals surface area contributed by atoms with Gasteiger partial charge < -0.3 is 10.3 Å². The highest BCUT2D eigenvalue weighted by atomic mass is 35.5. The molecule has 3 aromatic rings. The Labute approximate surface area is 164 Å². The van der Waals surface area contributed by atoms with Crippen LogP contribution in [-0.2, 0) is 4.79 Å². The van der Waals surface area contributed by atoms with Crippen LogP contribution in [0.3, 0.4) is 0 Å². The molecule has 4 nitrogen and oxygen atoms in total. The zero-order valence-electron chi connectivity index (χ0n) is 12.6. The Morgan fingerprint density at radius 1 is 1.12 bits per heavy atom. The van der Waals surface area contributed by atoms with Gasteiger partial charge in [-0.2, -0.15) is 0 Å². The van der Waals surface area contributed by atoms with Crippen molar-refractivity contribution in [3.05, 3.63) is 58.8 Å². The molecule has 8 heteroatoms. The molecule has 0 aliphatic rings. The van der Waals surface area contributed by atoms with Crippen molar-refractivity contribution >= 4 is 58.0 Å². The van der Waals surface area contributed by atoms with E-state index in [0.717, 1.165) is 5.56 Å². The quantitative estimate of drug-likeness (QED) is 0.530. The van der Waals surface area contributed by atoms with Gasteiger partial charge in [-0.15, -0.1) is 0 Å². The van der Waals surface area contributed by atoms with E-state index in [1.54, 1.807) is 42.7 Å². The van der Waals surface area contributed by atoms with Crippen LogP contribution < -0.4 is 5.32 Å². The van der Waals surface area contributed by atoms with Gasteiger partial charge in [-0.05, 0) is 18.2 Å². The lowest BCUT2D eigenvalue weighted by Gasteiger charge is -2.15. The number of imidazole rings is 1. The van der Waals surface area contributed by atoms with Crippen LogP contribution in [0, 0.1) is 0 Å². The molecule has 128 valence electrons. The molecule has 1 aromatic heterocycles. The van der Waals surface area contributed by atoms with Gasteiger partial charge in [0.25, 0.3) is 5.91 Å². The summed E-state index contributed by atoms with van der Waals surface area (Å²) >= 11 is 23.9. The van der Waals surface area contributed by atoms with E-state index < -0.39 is 10.7 Å². The largest absolute Gasteiger partial charge is 0.345 e. The Morgan fingerprint density at radius 3 is 2.44 bits per heavy atom. The summed E-state index contributed by atoms with van der Waals surface area (Å²) in [7, 11) is 0. The van der Waals surface area contributed by atoms with Crippen molar-refractivity contribution in [1.82, 2.24) is 9.97 Å². The van der Waals surface area contributed by atoms with Crippen molar-refractivity contribution in [2.45, 2.75) is 4.84 Å². The Balaban J connectivity index is 2.15. The first-order chi connectivity index (χ1) is 12.0. The summed E-state index contributed by atoms with van der Waals surface area (Å²) in [5.41, 5.74) is 2.49. The number of aromatic nitrogens is 2. The highest BCUT2D eigenvalue weighted by Gasteiger charge is 2.18. The molecule has 3 rings (SSSR count). The lowest BCUT2D eigenvalue weighted by atomic mass is 10.0. The number of halogens is 4. The minimum atomic E-state index is -1.21. The van der Waals surface area contributed by atoms with E-state index >= 15 is 0 Å². The third-order valence-electron chi connectivity index (χ3n) is 3.48. The summed E-state index contributed by atoms with van der Waals surface area (Å²) in [5, 5.41) is 3.62.